The number of ketones is 2. The van der Waals surface area contributed by atoms with Gasteiger partial charge in [-0.25, -0.2) is 0 Å². The van der Waals surface area contributed by atoms with E-state index in [1.807, 2.05) is 66.7 Å². The van der Waals surface area contributed by atoms with Gasteiger partial charge in [0.25, 0.3) is 0 Å². The molecule has 3 aromatic carbocycles. The minimum Gasteiger partial charge on any atom is -0.457 e. The second-order valence-electron chi connectivity index (χ2n) is 8.56. The molecular weight excluding hydrogens is 396 g/mol. The molecule has 1 atom stereocenters. The zero-order chi connectivity index (χ0) is 22.3. The number of fused-ring (bicyclic) bond motifs is 1. The Balaban J connectivity index is 1.37. The molecule has 3 aromatic rings. The van der Waals surface area contributed by atoms with Crippen molar-refractivity contribution in [3.8, 4) is 11.5 Å². The van der Waals surface area contributed by atoms with Crippen molar-refractivity contribution in [1.82, 2.24) is 0 Å². The lowest BCUT2D eigenvalue weighted by atomic mass is 9.80. The molecule has 164 valence electrons. The molecule has 32 heavy (non-hydrogen) atoms. The molecule has 4 rings (SSSR count). The van der Waals surface area contributed by atoms with Gasteiger partial charge in [0.15, 0.2) is 11.6 Å². The van der Waals surface area contributed by atoms with E-state index in [9.17, 15) is 9.59 Å². The van der Waals surface area contributed by atoms with E-state index >= 15 is 0 Å². The van der Waals surface area contributed by atoms with Crippen LogP contribution < -0.4 is 4.74 Å². The Hall–Kier alpha value is -3.20. The summed E-state index contributed by atoms with van der Waals surface area (Å²) >= 11 is 0. The maximum absolute atomic E-state index is 12.8. The number of hydrogen-bond donors (Lipinski definition) is 0. The molecule has 0 aliphatic heterocycles. The summed E-state index contributed by atoms with van der Waals surface area (Å²) in [5.41, 5.74) is 3.68. The number of hydrogen-bond acceptors (Lipinski definition) is 3. The average Bonchev–Trinajstić information content (AvgIpc) is 2.82. The Morgan fingerprint density at radius 1 is 1.00 bits per heavy atom. The fraction of sp³-hybridized carbons (Fsp3) is 0.310. The fourth-order valence-corrected chi connectivity index (χ4v) is 4.53. The van der Waals surface area contributed by atoms with Gasteiger partial charge in [0, 0.05) is 23.5 Å². The monoisotopic (exact) mass is 426 g/mol. The number of benzene rings is 3. The van der Waals surface area contributed by atoms with E-state index in [1.165, 1.54) is 0 Å². The molecule has 1 aliphatic rings. The minimum atomic E-state index is 0.136. The van der Waals surface area contributed by atoms with E-state index in [0.717, 1.165) is 72.3 Å². The minimum absolute atomic E-state index is 0.136. The molecule has 0 aromatic heterocycles. The highest BCUT2D eigenvalue weighted by molar-refractivity contribution is 6.02. The lowest BCUT2D eigenvalue weighted by molar-refractivity contribution is 0.0892. The lowest BCUT2D eigenvalue weighted by Gasteiger charge is -2.23. The number of para-hydroxylation sites is 2. The summed E-state index contributed by atoms with van der Waals surface area (Å²) < 4.78 is 6.03. The van der Waals surface area contributed by atoms with E-state index in [4.69, 9.17) is 4.74 Å². The van der Waals surface area contributed by atoms with Crippen LogP contribution in [0, 0.1) is 5.92 Å². The predicted molar refractivity (Wildman–Crippen MR) is 128 cm³/mol. The number of aryl methyl sites for hydroxylation is 2. The van der Waals surface area contributed by atoms with Crippen LogP contribution in [0.3, 0.4) is 0 Å². The first kappa shape index (κ1) is 22.0. The summed E-state index contributed by atoms with van der Waals surface area (Å²) in [7, 11) is 0. The van der Waals surface area contributed by atoms with Crippen molar-refractivity contribution in [3.63, 3.8) is 0 Å². The fourth-order valence-electron chi connectivity index (χ4n) is 4.53. The molecule has 1 aliphatic carbocycles. The van der Waals surface area contributed by atoms with Gasteiger partial charge in [-0.2, -0.15) is 0 Å². The van der Waals surface area contributed by atoms with Gasteiger partial charge in [-0.15, -0.1) is 0 Å². The SMILES string of the molecule is CCCC1CCc2cc(C(=O)CCCc3ccccc3Oc3ccccc3)ccc2C1=O. The van der Waals surface area contributed by atoms with Crippen LogP contribution in [0.25, 0.3) is 0 Å². The molecule has 0 saturated heterocycles. The van der Waals surface area contributed by atoms with E-state index in [0.29, 0.717) is 6.42 Å². The van der Waals surface area contributed by atoms with Crippen molar-refractivity contribution in [2.24, 2.45) is 5.92 Å². The number of Topliss-reactive ketones (excluding diaryl/α,β-unsaturated/α-hetero) is 2. The highest BCUT2D eigenvalue weighted by Gasteiger charge is 2.27. The second kappa shape index (κ2) is 10.4. The first-order valence-electron chi connectivity index (χ1n) is 11.7. The molecule has 0 fully saturated rings. The molecule has 0 saturated carbocycles. The Labute approximate surface area is 190 Å². The van der Waals surface area contributed by atoms with E-state index < -0.39 is 0 Å². The molecule has 0 heterocycles. The topological polar surface area (TPSA) is 43.4 Å². The number of carbonyl (C=O) groups is 2. The van der Waals surface area contributed by atoms with Crippen molar-refractivity contribution in [1.29, 1.82) is 0 Å². The van der Waals surface area contributed by atoms with Gasteiger partial charge < -0.3 is 4.74 Å². The Morgan fingerprint density at radius 3 is 2.59 bits per heavy atom. The number of carbonyl (C=O) groups excluding carboxylic acids is 2. The molecule has 0 amide bonds. The van der Waals surface area contributed by atoms with Crippen LogP contribution in [-0.2, 0) is 12.8 Å². The first-order valence-corrected chi connectivity index (χ1v) is 11.7. The zero-order valence-electron chi connectivity index (χ0n) is 18.7. The molecule has 0 bridgehead atoms. The maximum atomic E-state index is 12.8. The van der Waals surface area contributed by atoms with Gasteiger partial charge in [-0.1, -0.05) is 61.9 Å². The Morgan fingerprint density at radius 2 is 1.78 bits per heavy atom. The van der Waals surface area contributed by atoms with Gasteiger partial charge >= 0.3 is 0 Å². The summed E-state index contributed by atoms with van der Waals surface area (Å²) in [4.78, 5) is 25.5. The molecule has 3 nitrogen and oxygen atoms in total. The molecule has 0 spiro atoms. The molecule has 0 radical (unpaired) electrons. The largest absolute Gasteiger partial charge is 0.457 e. The molecular formula is C29H30O3. The highest BCUT2D eigenvalue weighted by atomic mass is 16.5. The van der Waals surface area contributed by atoms with E-state index in [1.54, 1.807) is 0 Å². The van der Waals surface area contributed by atoms with Crippen molar-refractivity contribution < 1.29 is 14.3 Å². The average molecular weight is 427 g/mol. The van der Waals surface area contributed by atoms with E-state index in [-0.39, 0.29) is 17.5 Å². The summed E-state index contributed by atoms with van der Waals surface area (Å²) in [6, 6.07) is 23.4. The van der Waals surface area contributed by atoms with Crippen LogP contribution >= 0.6 is 0 Å². The van der Waals surface area contributed by atoms with Crippen LogP contribution in [0.1, 0.15) is 70.9 Å². The van der Waals surface area contributed by atoms with E-state index in [2.05, 4.69) is 13.0 Å². The Bertz CT molecular complexity index is 1080. The van der Waals surface area contributed by atoms with Gasteiger partial charge in [-0.3, -0.25) is 9.59 Å². The highest BCUT2D eigenvalue weighted by Crippen LogP contribution is 2.30. The number of ether oxygens (including phenoxy) is 1. The standard InChI is InChI=1S/C29H30O3/c1-2-9-22-16-17-23-20-24(18-19-26(23)29(22)31)27(30)14-8-11-21-10-6-7-15-28(21)32-25-12-4-3-5-13-25/h3-7,10,12-13,15,18-20,22H,2,8-9,11,14,16-17H2,1H3. The third kappa shape index (κ3) is 5.16. The van der Waals surface area contributed by atoms with Crippen LogP contribution in [0.4, 0.5) is 0 Å². The summed E-state index contributed by atoms with van der Waals surface area (Å²) in [5.74, 6) is 2.17. The van der Waals surface area contributed by atoms with Gasteiger partial charge in [-0.05, 0) is 67.5 Å². The maximum Gasteiger partial charge on any atom is 0.166 e. The van der Waals surface area contributed by atoms with Gasteiger partial charge in [0.2, 0.25) is 0 Å². The van der Waals surface area contributed by atoms with Crippen molar-refractivity contribution in [3.05, 3.63) is 95.1 Å². The molecule has 1 unspecified atom stereocenters. The summed E-state index contributed by atoms with van der Waals surface area (Å²) in [5, 5.41) is 0. The zero-order valence-corrected chi connectivity index (χ0v) is 18.7. The van der Waals surface area contributed by atoms with Crippen LogP contribution in [0.5, 0.6) is 11.5 Å². The van der Waals surface area contributed by atoms with Crippen LogP contribution in [-0.4, -0.2) is 11.6 Å². The summed E-state index contributed by atoms with van der Waals surface area (Å²) in [6.45, 7) is 2.12. The quantitative estimate of drug-likeness (QED) is 0.339. The predicted octanol–water partition coefficient (Wildman–Crippen LogP) is 7.23. The molecule has 0 N–H and O–H groups in total. The third-order valence-electron chi connectivity index (χ3n) is 6.26. The third-order valence-corrected chi connectivity index (χ3v) is 6.26. The van der Waals surface area contributed by atoms with Crippen LogP contribution in [0.2, 0.25) is 0 Å². The van der Waals surface area contributed by atoms with Crippen molar-refractivity contribution in [2.75, 3.05) is 0 Å². The van der Waals surface area contributed by atoms with Gasteiger partial charge in [0.05, 0.1) is 0 Å². The Kier molecular flexibility index (Phi) is 7.16. The smallest absolute Gasteiger partial charge is 0.166 e. The normalized spacial score (nSPS) is 15.3. The lowest BCUT2D eigenvalue weighted by Crippen LogP contribution is -2.22. The number of rotatable bonds is 9. The van der Waals surface area contributed by atoms with Crippen molar-refractivity contribution >= 4 is 11.6 Å². The summed E-state index contributed by atoms with van der Waals surface area (Å²) in [6.07, 6.45) is 5.77. The van der Waals surface area contributed by atoms with Crippen LogP contribution in [0.15, 0.2) is 72.8 Å². The molecule has 3 heteroatoms. The second-order valence-corrected chi connectivity index (χ2v) is 8.56. The van der Waals surface area contributed by atoms with Crippen molar-refractivity contribution in [2.45, 2.75) is 51.9 Å². The van der Waals surface area contributed by atoms with Gasteiger partial charge in [0.1, 0.15) is 11.5 Å². The first-order chi connectivity index (χ1) is 15.7.